The number of rotatable bonds is 11. The molecule has 1 aromatic carbocycles. The Morgan fingerprint density at radius 3 is 2.55 bits per heavy atom. The standard InChI is InChI=1S/C22H32N4O3/c1-5-23-22(26-16-18-9-8-13-24-21(18)27-4)25-14-12-17-10-11-19(28-6-2)20(15-17)29-7-3/h8-11,13,15H,5-7,12,14,16H2,1-4H3,(H2,23,25,26). The van der Waals surface area contributed by atoms with Crippen LogP contribution in [0, 0.1) is 0 Å². The number of hydrogen-bond donors (Lipinski definition) is 2. The monoisotopic (exact) mass is 400 g/mol. The molecule has 0 atom stereocenters. The number of hydrogen-bond acceptors (Lipinski definition) is 5. The smallest absolute Gasteiger partial charge is 0.218 e. The minimum absolute atomic E-state index is 0.490. The SMILES string of the molecule is CCNC(=NCc1cccnc1OC)NCCc1ccc(OCC)c(OCC)c1. The highest BCUT2D eigenvalue weighted by atomic mass is 16.5. The van der Waals surface area contributed by atoms with Gasteiger partial charge < -0.3 is 24.8 Å². The summed E-state index contributed by atoms with van der Waals surface area (Å²) in [6.45, 7) is 9.23. The van der Waals surface area contributed by atoms with Gasteiger partial charge in [-0.2, -0.15) is 0 Å². The van der Waals surface area contributed by atoms with Crippen molar-refractivity contribution in [3.63, 3.8) is 0 Å². The van der Waals surface area contributed by atoms with Crippen LogP contribution >= 0.6 is 0 Å². The fourth-order valence-corrected chi connectivity index (χ4v) is 2.81. The molecule has 0 aliphatic rings. The zero-order valence-electron chi connectivity index (χ0n) is 17.8. The van der Waals surface area contributed by atoms with Crippen molar-refractivity contribution in [3.8, 4) is 17.4 Å². The van der Waals surface area contributed by atoms with E-state index in [2.05, 4.69) is 26.7 Å². The number of aromatic nitrogens is 1. The van der Waals surface area contributed by atoms with Crippen molar-refractivity contribution < 1.29 is 14.2 Å². The number of aliphatic imine (C=N–C) groups is 1. The molecular weight excluding hydrogens is 368 g/mol. The average Bonchev–Trinajstić information content (AvgIpc) is 2.74. The summed E-state index contributed by atoms with van der Waals surface area (Å²) in [4.78, 5) is 8.85. The van der Waals surface area contributed by atoms with E-state index >= 15 is 0 Å². The fraction of sp³-hybridized carbons (Fsp3) is 0.455. The molecule has 7 nitrogen and oxygen atoms in total. The highest BCUT2D eigenvalue weighted by Crippen LogP contribution is 2.28. The van der Waals surface area contributed by atoms with Crippen LogP contribution in [0.1, 0.15) is 31.9 Å². The zero-order valence-corrected chi connectivity index (χ0v) is 17.8. The average molecular weight is 401 g/mol. The molecule has 0 spiro atoms. The van der Waals surface area contributed by atoms with Crippen molar-refractivity contribution in [1.82, 2.24) is 15.6 Å². The van der Waals surface area contributed by atoms with Crippen LogP contribution in [0.15, 0.2) is 41.5 Å². The van der Waals surface area contributed by atoms with Gasteiger partial charge in [-0.05, 0) is 51.0 Å². The third-order valence-electron chi connectivity index (χ3n) is 4.11. The molecule has 0 bridgehead atoms. The van der Waals surface area contributed by atoms with Crippen LogP contribution in [0.2, 0.25) is 0 Å². The Labute approximate surface area is 173 Å². The largest absolute Gasteiger partial charge is 0.490 e. The van der Waals surface area contributed by atoms with E-state index in [1.54, 1.807) is 13.3 Å². The molecule has 29 heavy (non-hydrogen) atoms. The Kier molecular flexibility index (Phi) is 9.62. The molecule has 2 aromatic rings. The van der Waals surface area contributed by atoms with E-state index in [9.17, 15) is 0 Å². The quantitative estimate of drug-likeness (QED) is 0.446. The third-order valence-corrected chi connectivity index (χ3v) is 4.11. The summed E-state index contributed by atoms with van der Waals surface area (Å²) >= 11 is 0. The first-order chi connectivity index (χ1) is 14.2. The van der Waals surface area contributed by atoms with Gasteiger partial charge in [0.15, 0.2) is 17.5 Å². The summed E-state index contributed by atoms with van der Waals surface area (Å²) in [6, 6.07) is 9.93. The summed E-state index contributed by atoms with van der Waals surface area (Å²) in [5, 5.41) is 6.64. The van der Waals surface area contributed by atoms with Gasteiger partial charge in [-0.15, -0.1) is 0 Å². The molecule has 2 N–H and O–H groups in total. The predicted octanol–water partition coefficient (Wildman–Crippen LogP) is 3.19. The fourth-order valence-electron chi connectivity index (χ4n) is 2.81. The molecule has 0 aliphatic heterocycles. The lowest BCUT2D eigenvalue weighted by Gasteiger charge is -2.14. The minimum atomic E-state index is 0.490. The topological polar surface area (TPSA) is 77.0 Å². The van der Waals surface area contributed by atoms with E-state index < -0.39 is 0 Å². The van der Waals surface area contributed by atoms with Crippen molar-refractivity contribution in [1.29, 1.82) is 0 Å². The summed E-state index contributed by atoms with van der Waals surface area (Å²) in [7, 11) is 1.62. The van der Waals surface area contributed by atoms with Crippen LogP contribution in [0.4, 0.5) is 0 Å². The van der Waals surface area contributed by atoms with Gasteiger partial charge in [0.05, 0.1) is 26.9 Å². The molecule has 0 aliphatic carbocycles. The van der Waals surface area contributed by atoms with E-state index in [0.717, 1.165) is 42.5 Å². The van der Waals surface area contributed by atoms with Gasteiger partial charge in [0, 0.05) is 24.8 Å². The maximum absolute atomic E-state index is 5.71. The number of nitrogens with zero attached hydrogens (tertiary/aromatic N) is 2. The van der Waals surface area contributed by atoms with Crippen molar-refractivity contribution in [2.75, 3.05) is 33.4 Å². The molecule has 0 radical (unpaired) electrons. The lowest BCUT2D eigenvalue weighted by molar-refractivity contribution is 0.287. The Morgan fingerprint density at radius 1 is 1.03 bits per heavy atom. The van der Waals surface area contributed by atoms with Gasteiger partial charge in [0.1, 0.15) is 0 Å². The van der Waals surface area contributed by atoms with Crippen LogP contribution in [0.5, 0.6) is 17.4 Å². The van der Waals surface area contributed by atoms with Crippen molar-refractivity contribution in [3.05, 3.63) is 47.7 Å². The molecule has 7 heteroatoms. The minimum Gasteiger partial charge on any atom is -0.490 e. The van der Waals surface area contributed by atoms with Gasteiger partial charge in [0.2, 0.25) is 5.88 Å². The number of guanidine groups is 1. The second-order valence-corrected chi connectivity index (χ2v) is 6.19. The molecule has 1 aromatic heterocycles. The molecule has 158 valence electrons. The first kappa shape index (κ1) is 22.3. The first-order valence-corrected chi connectivity index (χ1v) is 10.1. The number of methoxy groups -OCH3 is 1. The summed E-state index contributed by atoms with van der Waals surface area (Å²) in [6.07, 6.45) is 2.55. The van der Waals surface area contributed by atoms with E-state index in [1.165, 1.54) is 5.56 Å². The second-order valence-electron chi connectivity index (χ2n) is 6.19. The Morgan fingerprint density at radius 2 is 1.83 bits per heavy atom. The maximum Gasteiger partial charge on any atom is 0.218 e. The van der Waals surface area contributed by atoms with E-state index in [1.807, 2.05) is 45.0 Å². The van der Waals surface area contributed by atoms with E-state index in [4.69, 9.17) is 14.2 Å². The summed E-state index contributed by atoms with van der Waals surface area (Å²) < 4.78 is 16.6. The Hall–Kier alpha value is -2.96. The molecule has 0 unspecified atom stereocenters. The summed E-state index contributed by atoms with van der Waals surface area (Å²) in [5.74, 6) is 2.93. The van der Waals surface area contributed by atoms with Gasteiger partial charge in [-0.25, -0.2) is 9.98 Å². The number of pyridine rings is 1. The van der Waals surface area contributed by atoms with Gasteiger partial charge in [0.25, 0.3) is 0 Å². The van der Waals surface area contributed by atoms with Gasteiger partial charge >= 0.3 is 0 Å². The molecular formula is C22H32N4O3. The number of nitrogens with one attached hydrogen (secondary N) is 2. The maximum atomic E-state index is 5.71. The number of benzene rings is 1. The van der Waals surface area contributed by atoms with Gasteiger partial charge in [-0.1, -0.05) is 12.1 Å². The zero-order chi connectivity index (χ0) is 20.9. The molecule has 0 saturated carbocycles. The molecule has 1 heterocycles. The van der Waals surface area contributed by atoms with Crippen molar-refractivity contribution >= 4 is 5.96 Å². The normalized spacial score (nSPS) is 11.1. The Balaban J connectivity index is 1.97. The molecule has 2 rings (SSSR count). The predicted molar refractivity (Wildman–Crippen MR) is 116 cm³/mol. The lowest BCUT2D eigenvalue weighted by Crippen LogP contribution is -2.38. The summed E-state index contributed by atoms with van der Waals surface area (Å²) in [5.41, 5.74) is 2.12. The highest BCUT2D eigenvalue weighted by molar-refractivity contribution is 5.79. The van der Waals surface area contributed by atoms with Crippen molar-refractivity contribution in [2.45, 2.75) is 33.7 Å². The first-order valence-electron chi connectivity index (χ1n) is 10.1. The third kappa shape index (κ3) is 7.18. The van der Waals surface area contributed by atoms with E-state index in [0.29, 0.717) is 25.6 Å². The van der Waals surface area contributed by atoms with Gasteiger partial charge in [-0.3, -0.25) is 0 Å². The number of ether oxygens (including phenoxy) is 3. The van der Waals surface area contributed by atoms with Crippen LogP contribution < -0.4 is 24.8 Å². The van der Waals surface area contributed by atoms with Crippen molar-refractivity contribution in [2.24, 2.45) is 4.99 Å². The molecule has 0 saturated heterocycles. The van der Waals surface area contributed by atoms with Crippen LogP contribution in [-0.4, -0.2) is 44.4 Å². The highest BCUT2D eigenvalue weighted by Gasteiger charge is 2.07. The second kappa shape index (κ2) is 12.5. The Bertz CT molecular complexity index is 780. The molecule has 0 amide bonds. The molecule has 0 fully saturated rings. The van der Waals surface area contributed by atoms with Crippen LogP contribution in [-0.2, 0) is 13.0 Å². The van der Waals surface area contributed by atoms with E-state index in [-0.39, 0.29) is 0 Å². The van der Waals surface area contributed by atoms with Crippen LogP contribution in [0.3, 0.4) is 0 Å². The lowest BCUT2D eigenvalue weighted by atomic mass is 10.1. The van der Waals surface area contributed by atoms with Crippen LogP contribution in [0.25, 0.3) is 0 Å².